The number of anilines is 2. The molecule has 21 heavy (non-hydrogen) atoms. The maximum atomic E-state index is 11.1. The van der Waals surface area contributed by atoms with Crippen LogP contribution in [-0.4, -0.2) is 21.4 Å². The molecule has 7 nitrogen and oxygen atoms in total. The molecule has 0 spiro atoms. The molecule has 0 aliphatic carbocycles. The third-order valence-corrected chi connectivity index (χ3v) is 2.97. The summed E-state index contributed by atoms with van der Waals surface area (Å²) in [5.74, 6) is 0.840. The van der Waals surface area contributed by atoms with Crippen LogP contribution in [0.25, 0.3) is 0 Å². The van der Waals surface area contributed by atoms with Crippen molar-refractivity contribution in [3.05, 3.63) is 51.8 Å². The SMILES string of the molecule is CCNc1ccc([N+](=O)[O-])c(NCc2ncccc2C)n1. The van der Waals surface area contributed by atoms with Crippen molar-refractivity contribution < 1.29 is 4.92 Å². The van der Waals surface area contributed by atoms with E-state index in [0.717, 1.165) is 11.3 Å². The first kappa shape index (κ1) is 14.7. The molecule has 0 aliphatic heterocycles. The van der Waals surface area contributed by atoms with Crippen molar-refractivity contribution in [3.8, 4) is 0 Å². The molecule has 2 aromatic rings. The fraction of sp³-hybridized carbons (Fsp3) is 0.286. The molecular weight excluding hydrogens is 270 g/mol. The van der Waals surface area contributed by atoms with Gasteiger partial charge in [0.25, 0.3) is 0 Å². The van der Waals surface area contributed by atoms with Gasteiger partial charge in [-0.1, -0.05) is 6.07 Å². The van der Waals surface area contributed by atoms with Crippen LogP contribution in [-0.2, 0) is 6.54 Å². The van der Waals surface area contributed by atoms with E-state index in [-0.39, 0.29) is 11.5 Å². The first-order valence-electron chi connectivity index (χ1n) is 6.65. The van der Waals surface area contributed by atoms with Gasteiger partial charge in [-0.25, -0.2) is 4.98 Å². The molecule has 0 unspecified atom stereocenters. The number of hydrogen-bond acceptors (Lipinski definition) is 6. The largest absolute Gasteiger partial charge is 0.370 e. The predicted molar refractivity (Wildman–Crippen MR) is 81.4 cm³/mol. The Hall–Kier alpha value is -2.70. The molecule has 0 fully saturated rings. The molecule has 0 saturated heterocycles. The van der Waals surface area contributed by atoms with E-state index < -0.39 is 4.92 Å². The van der Waals surface area contributed by atoms with E-state index in [1.54, 1.807) is 12.3 Å². The zero-order chi connectivity index (χ0) is 15.2. The van der Waals surface area contributed by atoms with Crippen molar-refractivity contribution in [2.75, 3.05) is 17.2 Å². The molecule has 0 radical (unpaired) electrons. The second kappa shape index (κ2) is 6.65. The number of aromatic nitrogens is 2. The van der Waals surface area contributed by atoms with Gasteiger partial charge in [0.05, 0.1) is 17.2 Å². The molecular formula is C14H17N5O2. The number of hydrogen-bond donors (Lipinski definition) is 2. The van der Waals surface area contributed by atoms with Crippen molar-refractivity contribution >= 4 is 17.3 Å². The minimum absolute atomic E-state index is 0.0507. The second-order valence-electron chi connectivity index (χ2n) is 4.47. The number of aryl methyl sites for hydroxylation is 1. The Morgan fingerprint density at radius 3 is 2.76 bits per heavy atom. The summed E-state index contributed by atoms with van der Waals surface area (Å²) in [6.45, 7) is 4.97. The monoisotopic (exact) mass is 287 g/mol. The lowest BCUT2D eigenvalue weighted by molar-refractivity contribution is -0.384. The van der Waals surface area contributed by atoms with Crippen LogP contribution in [0.2, 0.25) is 0 Å². The van der Waals surface area contributed by atoms with E-state index in [1.165, 1.54) is 6.07 Å². The molecule has 0 aromatic carbocycles. The Kier molecular flexibility index (Phi) is 4.65. The van der Waals surface area contributed by atoms with E-state index in [0.29, 0.717) is 18.9 Å². The third-order valence-electron chi connectivity index (χ3n) is 2.97. The summed E-state index contributed by atoms with van der Waals surface area (Å²) in [7, 11) is 0. The van der Waals surface area contributed by atoms with Crippen LogP contribution >= 0.6 is 0 Å². The quantitative estimate of drug-likeness (QED) is 0.627. The van der Waals surface area contributed by atoms with E-state index in [1.807, 2.05) is 26.0 Å². The van der Waals surface area contributed by atoms with Crippen molar-refractivity contribution in [2.24, 2.45) is 0 Å². The summed E-state index contributed by atoms with van der Waals surface area (Å²) in [5, 5.41) is 17.1. The zero-order valence-electron chi connectivity index (χ0n) is 12.0. The van der Waals surface area contributed by atoms with E-state index in [2.05, 4.69) is 20.6 Å². The van der Waals surface area contributed by atoms with Gasteiger partial charge in [0.2, 0.25) is 5.82 Å². The van der Waals surface area contributed by atoms with E-state index in [4.69, 9.17) is 0 Å². The molecule has 7 heteroatoms. The minimum Gasteiger partial charge on any atom is -0.370 e. The van der Waals surface area contributed by atoms with Crippen LogP contribution in [0.1, 0.15) is 18.2 Å². The van der Waals surface area contributed by atoms with Crippen LogP contribution < -0.4 is 10.6 Å². The summed E-state index contributed by atoms with van der Waals surface area (Å²) in [4.78, 5) is 19.1. The van der Waals surface area contributed by atoms with Crippen LogP contribution in [0.4, 0.5) is 17.3 Å². The van der Waals surface area contributed by atoms with E-state index in [9.17, 15) is 10.1 Å². The number of pyridine rings is 2. The fourth-order valence-corrected chi connectivity index (χ4v) is 1.88. The molecule has 2 aromatic heterocycles. The molecule has 2 N–H and O–H groups in total. The van der Waals surface area contributed by atoms with Crippen molar-refractivity contribution in [3.63, 3.8) is 0 Å². The van der Waals surface area contributed by atoms with Gasteiger partial charge in [-0.3, -0.25) is 15.1 Å². The highest BCUT2D eigenvalue weighted by Gasteiger charge is 2.16. The first-order valence-corrected chi connectivity index (χ1v) is 6.65. The molecule has 0 aliphatic rings. The van der Waals surface area contributed by atoms with Crippen molar-refractivity contribution in [2.45, 2.75) is 20.4 Å². The lowest BCUT2D eigenvalue weighted by Crippen LogP contribution is -2.09. The topological polar surface area (TPSA) is 93.0 Å². The highest BCUT2D eigenvalue weighted by atomic mass is 16.6. The highest BCUT2D eigenvalue weighted by molar-refractivity contribution is 5.60. The van der Waals surface area contributed by atoms with Gasteiger partial charge in [-0.2, -0.15) is 0 Å². The normalized spacial score (nSPS) is 10.2. The Labute approximate surface area is 122 Å². The predicted octanol–water partition coefficient (Wildman–Crippen LogP) is 2.74. The number of nitro groups is 1. The molecule has 0 atom stereocenters. The van der Waals surface area contributed by atoms with Crippen LogP contribution in [0.5, 0.6) is 0 Å². The molecule has 0 saturated carbocycles. The molecule has 0 bridgehead atoms. The molecule has 110 valence electrons. The maximum Gasteiger partial charge on any atom is 0.311 e. The summed E-state index contributed by atoms with van der Waals surface area (Å²) in [6.07, 6.45) is 1.70. The highest BCUT2D eigenvalue weighted by Crippen LogP contribution is 2.24. The first-order chi connectivity index (χ1) is 10.1. The number of nitrogens with zero attached hydrogens (tertiary/aromatic N) is 3. The molecule has 2 rings (SSSR count). The third kappa shape index (κ3) is 3.65. The molecule has 0 amide bonds. The molecule has 2 heterocycles. The average molecular weight is 287 g/mol. The van der Waals surface area contributed by atoms with Gasteiger partial charge in [0, 0.05) is 18.8 Å². The lowest BCUT2D eigenvalue weighted by atomic mass is 10.2. The van der Waals surface area contributed by atoms with Gasteiger partial charge in [0.1, 0.15) is 5.82 Å². The van der Waals surface area contributed by atoms with Crippen molar-refractivity contribution in [1.82, 2.24) is 9.97 Å². The van der Waals surface area contributed by atoms with Gasteiger partial charge in [0.15, 0.2) is 0 Å². The average Bonchev–Trinajstić information content (AvgIpc) is 2.46. The zero-order valence-corrected chi connectivity index (χ0v) is 12.0. The Morgan fingerprint density at radius 1 is 1.29 bits per heavy atom. The number of nitrogens with one attached hydrogen (secondary N) is 2. The summed E-state index contributed by atoms with van der Waals surface area (Å²) >= 11 is 0. The Bertz CT molecular complexity index is 645. The van der Waals surface area contributed by atoms with Crippen LogP contribution in [0.3, 0.4) is 0 Å². The number of rotatable bonds is 6. The van der Waals surface area contributed by atoms with Gasteiger partial charge < -0.3 is 10.6 Å². The van der Waals surface area contributed by atoms with Crippen LogP contribution in [0.15, 0.2) is 30.5 Å². The summed E-state index contributed by atoms with van der Waals surface area (Å²) < 4.78 is 0. The lowest BCUT2D eigenvalue weighted by Gasteiger charge is -2.09. The fourth-order valence-electron chi connectivity index (χ4n) is 1.88. The maximum absolute atomic E-state index is 11.1. The summed E-state index contributed by atoms with van der Waals surface area (Å²) in [5.41, 5.74) is 1.81. The Morgan fingerprint density at radius 2 is 2.10 bits per heavy atom. The van der Waals surface area contributed by atoms with E-state index >= 15 is 0 Å². The van der Waals surface area contributed by atoms with Crippen LogP contribution in [0, 0.1) is 17.0 Å². The smallest absolute Gasteiger partial charge is 0.311 e. The Balaban J connectivity index is 2.22. The van der Waals surface area contributed by atoms with Gasteiger partial charge in [-0.05, 0) is 31.5 Å². The van der Waals surface area contributed by atoms with Gasteiger partial charge in [-0.15, -0.1) is 0 Å². The minimum atomic E-state index is -0.448. The van der Waals surface area contributed by atoms with Crippen molar-refractivity contribution in [1.29, 1.82) is 0 Å². The van der Waals surface area contributed by atoms with Gasteiger partial charge >= 0.3 is 5.69 Å². The summed E-state index contributed by atoms with van der Waals surface area (Å²) in [6, 6.07) is 6.84. The second-order valence-corrected chi connectivity index (χ2v) is 4.47. The standard InChI is InChI=1S/C14H17N5O2/c1-3-15-13-7-6-12(19(20)21)14(18-13)17-9-11-10(2)5-4-8-16-11/h4-8H,3,9H2,1-2H3,(H2,15,17,18).